The lowest BCUT2D eigenvalue weighted by Gasteiger charge is -2.06. The van der Waals surface area contributed by atoms with E-state index in [4.69, 9.17) is 0 Å². The predicted molar refractivity (Wildman–Crippen MR) is 88.2 cm³/mol. The van der Waals surface area contributed by atoms with Crippen molar-refractivity contribution in [3.05, 3.63) is 53.2 Å². The number of nitrogens with zero attached hydrogens (tertiary/aromatic N) is 4. The van der Waals surface area contributed by atoms with Gasteiger partial charge in [-0.05, 0) is 19.1 Å². The fourth-order valence-corrected chi connectivity index (χ4v) is 3.29. The fraction of sp³-hybridized carbons (Fsp3) is 0.267. The van der Waals surface area contributed by atoms with Gasteiger partial charge in [-0.3, -0.25) is 4.57 Å². The fourth-order valence-electron chi connectivity index (χ4n) is 2.41. The third-order valence-corrected chi connectivity index (χ3v) is 4.38. The molecule has 0 radical (unpaired) electrons. The van der Waals surface area contributed by atoms with E-state index in [2.05, 4.69) is 32.4 Å². The number of fused-ring (bicyclic) bond motifs is 1. The van der Waals surface area contributed by atoms with Gasteiger partial charge in [0, 0.05) is 18.8 Å². The highest BCUT2D eigenvalue weighted by Crippen LogP contribution is 2.18. The first-order valence-electron chi connectivity index (χ1n) is 7.01. The lowest BCUT2D eigenvalue weighted by molar-refractivity contribution is 0.699. The quantitative estimate of drug-likeness (QED) is 0.559. The molecule has 0 aliphatic rings. The molecule has 0 fully saturated rings. The van der Waals surface area contributed by atoms with Crippen LogP contribution in [0.15, 0.2) is 46.9 Å². The molecular weight excluding hydrogens is 298 g/mol. The number of aromatic nitrogens is 5. The van der Waals surface area contributed by atoms with Gasteiger partial charge in [-0.15, -0.1) is 11.7 Å². The van der Waals surface area contributed by atoms with Gasteiger partial charge in [0.2, 0.25) is 0 Å². The number of hydrogen-bond acceptors (Lipinski definition) is 4. The number of rotatable bonds is 6. The molecule has 2 aromatic heterocycles. The molecule has 0 amide bonds. The minimum Gasteiger partial charge on any atom is -0.327 e. The molecule has 3 aromatic rings. The van der Waals surface area contributed by atoms with E-state index < -0.39 is 0 Å². The van der Waals surface area contributed by atoms with Crippen molar-refractivity contribution in [3.63, 3.8) is 0 Å². The first kappa shape index (κ1) is 14.6. The predicted octanol–water partition coefficient (Wildman–Crippen LogP) is 2.21. The number of allylic oxidation sites excluding steroid dienone is 1. The molecule has 1 aromatic carbocycles. The number of imidazole rings is 1. The van der Waals surface area contributed by atoms with Gasteiger partial charge in [0.15, 0.2) is 5.16 Å². The molecule has 0 saturated heterocycles. The van der Waals surface area contributed by atoms with Crippen LogP contribution in [0, 0.1) is 6.92 Å². The van der Waals surface area contributed by atoms with Crippen molar-refractivity contribution in [1.82, 2.24) is 24.3 Å². The Morgan fingerprint density at radius 3 is 3.00 bits per heavy atom. The molecule has 6 nitrogen and oxygen atoms in total. The Morgan fingerprint density at radius 1 is 1.36 bits per heavy atom. The molecular formula is C15H17N5OS. The molecule has 114 valence electrons. The summed E-state index contributed by atoms with van der Waals surface area (Å²) in [5.41, 5.74) is 1.94. The monoisotopic (exact) mass is 315 g/mol. The van der Waals surface area contributed by atoms with Crippen LogP contribution in [-0.4, -0.2) is 30.1 Å². The lowest BCUT2D eigenvalue weighted by atomic mass is 10.3. The highest BCUT2D eigenvalue weighted by Gasteiger charge is 2.09. The number of H-pyrrole nitrogens is 1. The van der Waals surface area contributed by atoms with Crippen LogP contribution in [0.4, 0.5) is 0 Å². The van der Waals surface area contributed by atoms with E-state index in [-0.39, 0.29) is 5.69 Å². The Hall–Kier alpha value is -2.28. The van der Waals surface area contributed by atoms with E-state index in [1.54, 1.807) is 22.4 Å². The van der Waals surface area contributed by atoms with Gasteiger partial charge in [-0.25, -0.2) is 14.9 Å². The van der Waals surface area contributed by atoms with Crippen LogP contribution in [0.2, 0.25) is 0 Å². The third kappa shape index (κ3) is 2.71. The zero-order chi connectivity index (χ0) is 15.5. The summed E-state index contributed by atoms with van der Waals surface area (Å²) in [5, 5.41) is 7.22. The number of benzene rings is 1. The zero-order valence-electron chi connectivity index (χ0n) is 12.3. The smallest absolute Gasteiger partial charge is 0.327 e. The van der Waals surface area contributed by atoms with Gasteiger partial charge in [0.25, 0.3) is 0 Å². The van der Waals surface area contributed by atoms with Crippen LogP contribution in [0.5, 0.6) is 0 Å². The topological polar surface area (TPSA) is 68.5 Å². The molecule has 0 unspecified atom stereocenters. The summed E-state index contributed by atoms with van der Waals surface area (Å²) in [7, 11) is 0. The number of aryl methyl sites for hydroxylation is 2. The summed E-state index contributed by atoms with van der Waals surface area (Å²) in [6.45, 7) is 6.94. The molecule has 0 spiro atoms. The molecule has 0 aliphatic carbocycles. The molecule has 2 heterocycles. The minimum atomic E-state index is -0.202. The molecule has 0 atom stereocenters. The van der Waals surface area contributed by atoms with Gasteiger partial charge < -0.3 is 4.57 Å². The van der Waals surface area contributed by atoms with Crippen LogP contribution in [0.3, 0.4) is 0 Å². The molecule has 1 N–H and O–H groups in total. The molecule has 0 saturated carbocycles. The zero-order valence-corrected chi connectivity index (χ0v) is 13.1. The number of nitrogens with one attached hydrogen (secondary N) is 1. The van der Waals surface area contributed by atoms with Gasteiger partial charge in [0.1, 0.15) is 5.82 Å². The Labute approximate surface area is 131 Å². The van der Waals surface area contributed by atoms with Crippen LogP contribution >= 0.6 is 11.8 Å². The Bertz CT molecular complexity index is 860. The SMILES string of the molecule is C=CCn1c(SCCn2c(C)nc3ccccc32)n[nH]c1=O. The minimum absolute atomic E-state index is 0.202. The third-order valence-electron chi connectivity index (χ3n) is 3.43. The van der Waals surface area contributed by atoms with Gasteiger partial charge in [-0.2, -0.15) is 0 Å². The van der Waals surface area contributed by atoms with Crippen molar-refractivity contribution in [2.24, 2.45) is 0 Å². The second-order valence-corrected chi connectivity index (χ2v) is 5.92. The Morgan fingerprint density at radius 2 is 2.18 bits per heavy atom. The number of aromatic amines is 1. The maximum atomic E-state index is 11.6. The first-order chi connectivity index (χ1) is 10.7. The van der Waals surface area contributed by atoms with Gasteiger partial charge >= 0.3 is 5.69 Å². The Kier molecular flexibility index (Phi) is 4.15. The molecule has 3 rings (SSSR count). The number of hydrogen-bond donors (Lipinski definition) is 1. The van der Waals surface area contributed by atoms with Crippen molar-refractivity contribution in [3.8, 4) is 0 Å². The van der Waals surface area contributed by atoms with Crippen molar-refractivity contribution >= 4 is 22.8 Å². The Balaban J connectivity index is 1.74. The van der Waals surface area contributed by atoms with Crippen LogP contribution in [-0.2, 0) is 13.1 Å². The summed E-state index contributed by atoms with van der Waals surface area (Å²) >= 11 is 1.55. The summed E-state index contributed by atoms with van der Waals surface area (Å²) in [6, 6.07) is 8.09. The summed E-state index contributed by atoms with van der Waals surface area (Å²) in [5.74, 6) is 1.80. The van der Waals surface area contributed by atoms with E-state index in [0.717, 1.165) is 29.2 Å². The number of para-hydroxylation sites is 2. The second kappa shape index (κ2) is 6.23. The molecule has 7 heteroatoms. The first-order valence-corrected chi connectivity index (χ1v) is 8.00. The van der Waals surface area contributed by atoms with E-state index in [1.807, 2.05) is 25.1 Å². The largest absolute Gasteiger partial charge is 0.344 e. The van der Waals surface area contributed by atoms with E-state index in [0.29, 0.717) is 11.7 Å². The summed E-state index contributed by atoms with van der Waals surface area (Å²) in [4.78, 5) is 16.2. The highest BCUT2D eigenvalue weighted by atomic mass is 32.2. The van der Waals surface area contributed by atoms with Crippen molar-refractivity contribution in [2.45, 2.75) is 25.2 Å². The second-order valence-electron chi connectivity index (χ2n) is 4.86. The maximum absolute atomic E-state index is 11.6. The highest BCUT2D eigenvalue weighted by molar-refractivity contribution is 7.99. The molecule has 0 bridgehead atoms. The van der Waals surface area contributed by atoms with Crippen molar-refractivity contribution < 1.29 is 0 Å². The summed E-state index contributed by atoms with van der Waals surface area (Å²) < 4.78 is 3.77. The van der Waals surface area contributed by atoms with Gasteiger partial charge in [0.05, 0.1) is 11.0 Å². The maximum Gasteiger partial charge on any atom is 0.344 e. The van der Waals surface area contributed by atoms with Crippen molar-refractivity contribution in [1.29, 1.82) is 0 Å². The molecule has 0 aliphatic heterocycles. The van der Waals surface area contributed by atoms with Crippen LogP contribution in [0.1, 0.15) is 5.82 Å². The van der Waals surface area contributed by atoms with Crippen LogP contribution < -0.4 is 5.69 Å². The average molecular weight is 315 g/mol. The van der Waals surface area contributed by atoms with Crippen molar-refractivity contribution in [2.75, 3.05) is 5.75 Å². The van der Waals surface area contributed by atoms with Crippen LogP contribution in [0.25, 0.3) is 11.0 Å². The van der Waals surface area contributed by atoms with Gasteiger partial charge in [-0.1, -0.05) is 30.0 Å². The molecule has 22 heavy (non-hydrogen) atoms. The van der Waals surface area contributed by atoms with E-state index >= 15 is 0 Å². The lowest BCUT2D eigenvalue weighted by Crippen LogP contribution is -2.16. The summed E-state index contributed by atoms with van der Waals surface area (Å²) in [6.07, 6.45) is 1.69. The van der Waals surface area contributed by atoms with E-state index in [1.165, 1.54) is 0 Å². The standard InChI is InChI=1S/C15H17N5OS/c1-3-8-20-14(21)17-18-15(20)22-10-9-19-11(2)16-12-6-4-5-7-13(12)19/h3-7H,1,8-10H2,2H3,(H,17,21). The van der Waals surface area contributed by atoms with E-state index in [9.17, 15) is 4.79 Å². The normalized spacial score (nSPS) is 11.1. The average Bonchev–Trinajstić information content (AvgIpc) is 3.02. The number of thioether (sulfide) groups is 1.